The van der Waals surface area contributed by atoms with Crippen molar-refractivity contribution in [2.45, 2.75) is 38.6 Å². The van der Waals surface area contributed by atoms with E-state index in [-0.39, 0.29) is 12.4 Å². The van der Waals surface area contributed by atoms with Crippen LogP contribution in [0.2, 0.25) is 0 Å². The van der Waals surface area contributed by atoms with Gasteiger partial charge in [-0.1, -0.05) is 19.8 Å². The number of rotatable bonds is 6. The molecule has 4 heteroatoms. The van der Waals surface area contributed by atoms with Crippen molar-refractivity contribution in [2.75, 3.05) is 32.2 Å². The molecule has 92 valence electrons. The number of halogens is 2. The molecule has 0 aliphatic carbocycles. The van der Waals surface area contributed by atoms with Crippen LogP contribution in [0.4, 0.5) is 0 Å². The lowest BCUT2D eigenvalue weighted by atomic mass is 10.1. The number of hydrogen-bond donors (Lipinski definition) is 0. The highest BCUT2D eigenvalue weighted by Gasteiger charge is 2.21. The van der Waals surface area contributed by atoms with Crippen molar-refractivity contribution in [3.05, 3.63) is 0 Å². The normalized spacial score (nSPS) is 22.4. The Morgan fingerprint density at radius 1 is 1.40 bits per heavy atom. The summed E-state index contributed by atoms with van der Waals surface area (Å²) in [7, 11) is 0. The van der Waals surface area contributed by atoms with Crippen LogP contribution in [0, 0.1) is 0 Å². The fourth-order valence-electron chi connectivity index (χ4n) is 1.95. The van der Waals surface area contributed by atoms with Crippen LogP contribution >= 0.6 is 24.0 Å². The second kappa shape index (κ2) is 9.71. The van der Waals surface area contributed by atoms with E-state index >= 15 is 0 Å². The second-order valence-electron chi connectivity index (χ2n) is 3.95. The summed E-state index contributed by atoms with van der Waals surface area (Å²) in [6.45, 7) is 6.28. The summed E-state index contributed by atoms with van der Waals surface area (Å²) in [5.41, 5.74) is 0. The van der Waals surface area contributed by atoms with E-state index in [2.05, 4.69) is 11.8 Å². The van der Waals surface area contributed by atoms with Crippen molar-refractivity contribution in [2.24, 2.45) is 0 Å². The lowest BCUT2D eigenvalue weighted by Crippen LogP contribution is -2.45. The zero-order valence-corrected chi connectivity index (χ0v) is 11.2. The van der Waals surface area contributed by atoms with Crippen LogP contribution in [0.1, 0.15) is 32.6 Å². The van der Waals surface area contributed by atoms with Crippen molar-refractivity contribution in [3.8, 4) is 0 Å². The number of morpholine rings is 1. The zero-order chi connectivity index (χ0) is 10.2. The minimum absolute atomic E-state index is 0. The van der Waals surface area contributed by atoms with Gasteiger partial charge >= 0.3 is 0 Å². The van der Waals surface area contributed by atoms with Gasteiger partial charge in [0.1, 0.15) is 0 Å². The molecule has 1 heterocycles. The van der Waals surface area contributed by atoms with Crippen LogP contribution in [0.5, 0.6) is 0 Å². The van der Waals surface area contributed by atoms with E-state index in [9.17, 15) is 0 Å². The summed E-state index contributed by atoms with van der Waals surface area (Å²) >= 11 is 5.71. The average molecular weight is 256 g/mol. The molecule has 1 rings (SSSR count). The SMILES string of the molecule is CCCCC1COCCN1CCCCl.Cl. The van der Waals surface area contributed by atoms with Crippen molar-refractivity contribution in [1.82, 2.24) is 4.90 Å². The van der Waals surface area contributed by atoms with Gasteiger partial charge in [0.15, 0.2) is 0 Å². The molecule has 1 fully saturated rings. The highest BCUT2D eigenvalue weighted by Crippen LogP contribution is 2.13. The van der Waals surface area contributed by atoms with Gasteiger partial charge in [-0.25, -0.2) is 0 Å². The first-order chi connectivity index (χ1) is 6.88. The van der Waals surface area contributed by atoms with Crippen LogP contribution < -0.4 is 0 Å². The first-order valence-corrected chi connectivity index (χ1v) is 6.29. The predicted molar refractivity (Wildman–Crippen MR) is 68.3 cm³/mol. The Morgan fingerprint density at radius 2 is 2.20 bits per heavy atom. The van der Waals surface area contributed by atoms with Crippen LogP contribution in [-0.4, -0.2) is 43.1 Å². The lowest BCUT2D eigenvalue weighted by Gasteiger charge is -2.35. The fourth-order valence-corrected chi connectivity index (χ4v) is 2.07. The molecule has 0 aromatic heterocycles. The van der Waals surface area contributed by atoms with E-state index in [1.54, 1.807) is 0 Å². The molecule has 0 bridgehead atoms. The third kappa shape index (κ3) is 5.96. The maximum Gasteiger partial charge on any atom is 0.0622 e. The molecule has 0 aromatic rings. The Kier molecular flexibility index (Phi) is 10.0. The number of hydrogen-bond acceptors (Lipinski definition) is 2. The first kappa shape index (κ1) is 15.5. The molecule has 0 aromatic carbocycles. The molecule has 0 saturated carbocycles. The molecule has 0 N–H and O–H groups in total. The molecule has 1 aliphatic rings. The van der Waals surface area contributed by atoms with Gasteiger partial charge in [0.05, 0.1) is 13.2 Å². The Bertz CT molecular complexity index is 131. The molecule has 1 saturated heterocycles. The van der Waals surface area contributed by atoms with Gasteiger partial charge in [0, 0.05) is 18.5 Å². The minimum Gasteiger partial charge on any atom is -0.378 e. The predicted octanol–water partition coefficient (Wildman–Crippen LogP) is 2.93. The monoisotopic (exact) mass is 255 g/mol. The summed E-state index contributed by atoms with van der Waals surface area (Å²) in [6, 6.07) is 0.645. The van der Waals surface area contributed by atoms with Gasteiger partial charge in [-0.3, -0.25) is 4.90 Å². The van der Waals surface area contributed by atoms with E-state index in [1.165, 1.54) is 19.3 Å². The average Bonchev–Trinajstić information content (AvgIpc) is 2.24. The largest absolute Gasteiger partial charge is 0.378 e. The molecule has 1 atom stereocenters. The van der Waals surface area contributed by atoms with E-state index in [4.69, 9.17) is 16.3 Å². The van der Waals surface area contributed by atoms with Gasteiger partial charge in [-0.15, -0.1) is 24.0 Å². The number of nitrogens with zero attached hydrogens (tertiary/aromatic N) is 1. The molecule has 0 amide bonds. The van der Waals surface area contributed by atoms with Crippen LogP contribution in [-0.2, 0) is 4.74 Å². The maximum absolute atomic E-state index is 5.71. The number of unbranched alkanes of at least 4 members (excludes halogenated alkanes) is 1. The van der Waals surface area contributed by atoms with Crippen molar-refractivity contribution < 1.29 is 4.74 Å². The molecule has 15 heavy (non-hydrogen) atoms. The van der Waals surface area contributed by atoms with Gasteiger partial charge in [0.25, 0.3) is 0 Å². The Morgan fingerprint density at radius 3 is 2.87 bits per heavy atom. The summed E-state index contributed by atoms with van der Waals surface area (Å²) in [4.78, 5) is 2.54. The molecule has 2 nitrogen and oxygen atoms in total. The molecule has 0 spiro atoms. The van der Waals surface area contributed by atoms with Crippen LogP contribution in [0.25, 0.3) is 0 Å². The first-order valence-electron chi connectivity index (χ1n) is 5.76. The van der Waals surface area contributed by atoms with E-state index in [0.29, 0.717) is 6.04 Å². The molecule has 1 aliphatic heterocycles. The fraction of sp³-hybridized carbons (Fsp3) is 1.00. The van der Waals surface area contributed by atoms with Crippen LogP contribution in [0.3, 0.4) is 0 Å². The summed E-state index contributed by atoms with van der Waals surface area (Å²) < 4.78 is 5.51. The quantitative estimate of drug-likeness (QED) is 0.677. The molecular formula is C11H23Cl2NO. The number of ether oxygens (including phenoxy) is 1. The van der Waals surface area contributed by atoms with Gasteiger partial charge in [0.2, 0.25) is 0 Å². The molecule has 1 unspecified atom stereocenters. The van der Waals surface area contributed by atoms with Crippen molar-refractivity contribution >= 4 is 24.0 Å². The molecule has 0 radical (unpaired) electrons. The smallest absolute Gasteiger partial charge is 0.0622 e. The molecular weight excluding hydrogens is 233 g/mol. The van der Waals surface area contributed by atoms with Gasteiger partial charge in [-0.2, -0.15) is 0 Å². The standard InChI is InChI=1S/C11H22ClNO.ClH/c1-2-3-5-11-10-14-9-8-13(11)7-4-6-12;/h11H,2-10H2,1H3;1H. The summed E-state index contributed by atoms with van der Waals surface area (Å²) in [6.07, 6.45) is 4.97. The van der Waals surface area contributed by atoms with Crippen molar-refractivity contribution in [1.29, 1.82) is 0 Å². The summed E-state index contributed by atoms with van der Waals surface area (Å²) in [5, 5.41) is 0. The highest BCUT2D eigenvalue weighted by molar-refractivity contribution is 6.17. The Labute approximate surface area is 105 Å². The zero-order valence-electron chi connectivity index (χ0n) is 9.58. The second-order valence-corrected chi connectivity index (χ2v) is 4.33. The minimum atomic E-state index is 0. The highest BCUT2D eigenvalue weighted by atomic mass is 35.5. The number of alkyl halides is 1. The van der Waals surface area contributed by atoms with Gasteiger partial charge < -0.3 is 4.74 Å². The van der Waals surface area contributed by atoms with Crippen molar-refractivity contribution in [3.63, 3.8) is 0 Å². The Balaban J connectivity index is 0.00000196. The van der Waals surface area contributed by atoms with Gasteiger partial charge in [-0.05, 0) is 19.4 Å². The van der Waals surface area contributed by atoms with Crippen LogP contribution in [0.15, 0.2) is 0 Å². The topological polar surface area (TPSA) is 12.5 Å². The maximum atomic E-state index is 5.71. The van der Waals surface area contributed by atoms with E-state index in [1.807, 2.05) is 0 Å². The Hall–Kier alpha value is 0.500. The third-order valence-electron chi connectivity index (χ3n) is 2.82. The van der Waals surface area contributed by atoms with E-state index < -0.39 is 0 Å². The summed E-state index contributed by atoms with van der Waals surface area (Å²) in [5.74, 6) is 0.776. The van der Waals surface area contributed by atoms with E-state index in [0.717, 1.165) is 38.6 Å². The lowest BCUT2D eigenvalue weighted by molar-refractivity contribution is -0.0107. The third-order valence-corrected chi connectivity index (χ3v) is 3.09.